The van der Waals surface area contributed by atoms with Gasteiger partial charge in [0.2, 0.25) is 0 Å². The lowest BCUT2D eigenvalue weighted by atomic mass is 9.89. The Bertz CT molecular complexity index is 179. The molecule has 1 fully saturated rings. The molecule has 0 aromatic heterocycles. The molecule has 2 N–H and O–H groups in total. The highest BCUT2D eigenvalue weighted by molar-refractivity contribution is 5.00. The summed E-state index contributed by atoms with van der Waals surface area (Å²) in [6.07, 6.45) is 2.33. The predicted molar refractivity (Wildman–Crippen MR) is 55.6 cm³/mol. The van der Waals surface area contributed by atoms with Crippen molar-refractivity contribution >= 4 is 0 Å². The van der Waals surface area contributed by atoms with Gasteiger partial charge in [-0.25, -0.2) is 0 Å². The van der Waals surface area contributed by atoms with E-state index in [9.17, 15) is 0 Å². The van der Waals surface area contributed by atoms with Crippen LogP contribution in [0.4, 0.5) is 0 Å². The zero-order valence-corrected chi connectivity index (χ0v) is 9.39. The summed E-state index contributed by atoms with van der Waals surface area (Å²) in [5.41, 5.74) is 6.19. The van der Waals surface area contributed by atoms with Gasteiger partial charge in [0.1, 0.15) is 0 Å². The van der Waals surface area contributed by atoms with Gasteiger partial charge in [0.25, 0.3) is 0 Å². The van der Waals surface area contributed by atoms with Crippen LogP contribution < -0.4 is 5.73 Å². The molecule has 0 amide bonds. The van der Waals surface area contributed by atoms with Gasteiger partial charge in [-0.1, -0.05) is 20.8 Å². The maximum atomic E-state index is 5.86. The van der Waals surface area contributed by atoms with Crippen LogP contribution in [0.2, 0.25) is 0 Å². The Labute approximate surface area is 81.8 Å². The highest BCUT2D eigenvalue weighted by Gasteiger charge is 2.48. The molecule has 0 heterocycles. The molecule has 0 aliphatic heterocycles. The first-order valence-corrected chi connectivity index (χ1v) is 5.30. The number of hydrogen-bond donors (Lipinski definition) is 1. The normalized spacial score (nSPS) is 38.1. The highest BCUT2D eigenvalue weighted by atomic mass is 16.5. The summed E-state index contributed by atoms with van der Waals surface area (Å²) in [6, 6.07) is 0. The zero-order valence-electron chi connectivity index (χ0n) is 9.39. The van der Waals surface area contributed by atoms with Crippen molar-refractivity contribution in [3.63, 3.8) is 0 Å². The Balaban J connectivity index is 2.76. The van der Waals surface area contributed by atoms with Crippen LogP contribution in [-0.2, 0) is 4.74 Å². The SMILES string of the molecule is CCOC1(CN)CC(C)(C)CC1C. The fraction of sp³-hybridized carbons (Fsp3) is 1.00. The van der Waals surface area contributed by atoms with Gasteiger partial charge < -0.3 is 10.5 Å². The first-order chi connectivity index (χ1) is 5.96. The quantitative estimate of drug-likeness (QED) is 0.731. The highest BCUT2D eigenvalue weighted by Crippen LogP contribution is 2.48. The van der Waals surface area contributed by atoms with Gasteiger partial charge in [0.05, 0.1) is 5.60 Å². The molecular formula is C11H23NO. The third-order valence-corrected chi connectivity index (χ3v) is 3.31. The minimum atomic E-state index is -0.0434. The van der Waals surface area contributed by atoms with Crippen LogP contribution in [0.5, 0.6) is 0 Å². The zero-order chi connectivity index (χ0) is 10.1. The van der Waals surface area contributed by atoms with Gasteiger partial charge in [-0.3, -0.25) is 0 Å². The van der Waals surface area contributed by atoms with E-state index in [1.54, 1.807) is 0 Å². The Morgan fingerprint density at radius 1 is 1.46 bits per heavy atom. The van der Waals surface area contributed by atoms with E-state index in [2.05, 4.69) is 27.7 Å². The van der Waals surface area contributed by atoms with Gasteiger partial charge in [0, 0.05) is 13.2 Å². The first kappa shape index (κ1) is 11.0. The van der Waals surface area contributed by atoms with E-state index in [0.717, 1.165) is 13.0 Å². The van der Waals surface area contributed by atoms with Crippen molar-refractivity contribution in [3.8, 4) is 0 Å². The van der Waals surface area contributed by atoms with Crippen LogP contribution in [0.25, 0.3) is 0 Å². The lowest BCUT2D eigenvalue weighted by Crippen LogP contribution is -2.43. The maximum Gasteiger partial charge on any atom is 0.0834 e. The predicted octanol–water partition coefficient (Wildman–Crippen LogP) is 2.18. The number of hydrogen-bond acceptors (Lipinski definition) is 2. The van der Waals surface area contributed by atoms with Crippen molar-refractivity contribution in [2.24, 2.45) is 17.1 Å². The third-order valence-electron chi connectivity index (χ3n) is 3.31. The van der Waals surface area contributed by atoms with Crippen molar-refractivity contribution in [1.82, 2.24) is 0 Å². The Kier molecular flexibility index (Phi) is 3.03. The summed E-state index contributed by atoms with van der Waals surface area (Å²) in [7, 11) is 0. The van der Waals surface area contributed by atoms with Gasteiger partial charge in [-0.2, -0.15) is 0 Å². The van der Waals surface area contributed by atoms with E-state index >= 15 is 0 Å². The van der Waals surface area contributed by atoms with E-state index < -0.39 is 0 Å². The fourth-order valence-electron chi connectivity index (χ4n) is 2.88. The van der Waals surface area contributed by atoms with Crippen LogP contribution >= 0.6 is 0 Å². The molecule has 2 unspecified atom stereocenters. The Morgan fingerprint density at radius 2 is 2.08 bits per heavy atom. The number of nitrogens with two attached hydrogens (primary N) is 1. The molecule has 0 spiro atoms. The average Bonchev–Trinajstić information content (AvgIpc) is 2.23. The van der Waals surface area contributed by atoms with Gasteiger partial charge >= 0.3 is 0 Å². The Hall–Kier alpha value is -0.0800. The first-order valence-electron chi connectivity index (χ1n) is 5.30. The minimum absolute atomic E-state index is 0.0434. The summed E-state index contributed by atoms with van der Waals surface area (Å²) in [4.78, 5) is 0. The second-order valence-electron chi connectivity index (χ2n) is 5.15. The Morgan fingerprint density at radius 3 is 2.38 bits per heavy atom. The van der Waals surface area contributed by atoms with E-state index in [1.807, 2.05) is 0 Å². The fourth-order valence-corrected chi connectivity index (χ4v) is 2.88. The molecule has 78 valence electrons. The maximum absolute atomic E-state index is 5.86. The molecule has 1 aliphatic carbocycles. The monoisotopic (exact) mass is 185 g/mol. The topological polar surface area (TPSA) is 35.2 Å². The van der Waals surface area contributed by atoms with Crippen molar-refractivity contribution < 1.29 is 4.74 Å². The summed E-state index contributed by atoms with van der Waals surface area (Å²) >= 11 is 0. The molecule has 0 aromatic carbocycles. The van der Waals surface area contributed by atoms with Crippen molar-refractivity contribution in [1.29, 1.82) is 0 Å². The molecule has 1 aliphatic rings. The summed E-state index contributed by atoms with van der Waals surface area (Å²) in [5.74, 6) is 0.590. The van der Waals surface area contributed by atoms with Crippen molar-refractivity contribution in [3.05, 3.63) is 0 Å². The average molecular weight is 185 g/mol. The van der Waals surface area contributed by atoms with Crippen LogP contribution in [-0.4, -0.2) is 18.8 Å². The third kappa shape index (κ3) is 2.05. The molecule has 2 heteroatoms. The van der Waals surface area contributed by atoms with Crippen molar-refractivity contribution in [2.75, 3.05) is 13.2 Å². The molecular weight excluding hydrogens is 162 g/mol. The van der Waals surface area contributed by atoms with Gasteiger partial charge in [-0.05, 0) is 31.1 Å². The molecule has 0 saturated heterocycles. The van der Waals surface area contributed by atoms with Gasteiger partial charge in [0.15, 0.2) is 0 Å². The van der Waals surface area contributed by atoms with E-state index in [-0.39, 0.29) is 5.60 Å². The van der Waals surface area contributed by atoms with E-state index in [4.69, 9.17) is 10.5 Å². The van der Waals surface area contributed by atoms with E-state index in [1.165, 1.54) is 6.42 Å². The second kappa shape index (κ2) is 3.58. The van der Waals surface area contributed by atoms with Gasteiger partial charge in [-0.15, -0.1) is 0 Å². The summed E-state index contributed by atoms with van der Waals surface area (Å²) < 4.78 is 5.86. The number of rotatable bonds is 3. The molecule has 0 aromatic rings. The summed E-state index contributed by atoms with van der Waals surface area (Å²) in [5, 5.41) is 0. The molecule has 2 atom stereocenters. The molecule has 1 rings (SSSR count). The van der Waals surface area contributed by atoms with E-state index in [0.29, 0.717) is 17.9 Å². The second-order valence-corrected chi connectivity index (χ2v) is 5.15. The smallest absolute Gasteiger partial charge is 0.0834 e. The molecule has 0 bridgehead atoms. The largest absolute Gasteiger partial charge is 0.374 e. The lowest BCUT2D eigenvalue weighted by Gasteiger charge is -2.32. The van der Waals surface area contributed by atoms with Crippen LogP contribution in [0.15, 0.2) is 0 Å². The van der Waals surface area contributed by atoms with Crippen molar-refractivity contribution in [2.45, 2.75) is 46.1 Å². The number of ether oxygens (including phenoxy) is 1. The lowest BCUT2D eigenvalue weighted by molar-refractivity contribution is -0.0587. The van der Waals surface area contributed by atoms with Crippen LogP contribution in [0.1, 0.15) is 40.5 Å². The minimum Gasteiger partial charge on any atom is -0.374 e. The molecule has 13 heavy (non-hydrogen) atoms. The molecule has 0 radical (unpaired) electrons. The molecule has 2 nitrogen and oxygen atoms in total. The standard InChI is InChI=1S/C11H23NO/c1-5-13-11(8-12)7-10(3,4)6-9(11)2/h9H,5-8,12H2,1-4H3. The molecule has 1 saturated carbocycles. The summed E-state index contributed by atoms with van der Waals surface area (Å²) in [6.45, 7) is 10.4. The van der Waals surface area contributed by atoms with Crippen LogP contribution in [0, 0.1) is 11.3 Å². The van der Waals surface area contributed by atoms with Crippen LogP contribution in [0.3, 0.4) is 0 Å².